The zero-order valence-corrected chi connectivity index (χ0v) is 22.3. The molecule has 11 heteroatoms. The van der Waals surface area contributed by atoms with Crippen LogP contribution in [0.15, 0.2) is 9.79 Å². The molecule has 33 heavy (non-hydrogen) atoms. The second kappa shape index (κ2) is 11.4. The van der Waals surface area contributed by atoms with E-state index in [2.05, 4.69) is 42.7 Å². The van der Waals surface area contributed by atoms with Gasteiger partial charge in [-0.15, -0.1) is 0 Å². The lowest BCUT2D eigenvalue weighted by atomic mass is 10.0. The topological polar surface area (TPSA) is 81.8 Å². The predicted molar refractivity (Wildman–Crippen MR) is 135 cm³/mol. The number of halogens is 2. The molecule has 0 bridgehead atoms. The summed E-state index contributed by atoms with van der Waals surface area (Å²) < 4.78 is 13.6. The van der Waals surface area contributed by atoms with Gasteiger partial charge in [-0.25, -0.2) is 4.99 Å². The molecule has 0 spiro atoms. The summed E-state index contributed by atoms with van der Waals surface area (Å²) in [7, 11) is 3.70. The van der Waals surface area contributed by atoms with E-state index in [1.807, 2.05) is 14.1 Å². The minimum atomic E-state index is -0.317. The van der Waals surface area contributed by atoms with Crippen molar-refractivity contribution in [3.8, 4) is 0 Å². The molecule has 0 aromatic carbocycles. The Hall–Kier alpha value is -1.26. The summed E-state index contributed by atoms with van der Waals surface area (Å²) in [4.78, 5) is 26.9. The lowest BCUT2D eigenvalue weighted by Crippen LogP contribution is -2.20. The molecule has 6 atom stereocenters. The Morgan fingerprint density at radius 1 is 1.15 bits per heavy atom. The van der Waals surface area contributed by atoms with Crippen LogP contribution in [0.2, 0.25) is 5.15 Å². The summed E-state index contributed by atoms with van der Waals surface area (Å²) in [6, 6.07) is 0. The highest BCUT2D eigenvalue weighted by Gasteiger charge is 2.34. The molecule has 2 fully saturated rings. The molecule has 8 nitrogen and oxygen atoms in total. The summed E-state index contributed by atoms with van der Waals surface area (Å²) in [6.45, 7) is 8.56. The molecule has 2 aliphatic heterocycles. The van der Waals surface area contributed by atoms with Gasteiger partial charge in [0.05, 0.1) is 18.5 Å². The van der Waals surface area contributed by atoms with E-state index < -0.39 is 0 Å². The number of ether oxygens (including phenoxy) is 2. The van der Waals surface area contributed by atoms with Crippen molar-refractivity contribution in [3.63, 3.8) is 0 Å². The van der Waals surface area contributed by atoms with Crippen LogP contribution in [0, 0.1) is 11.8 Å². The summed E-state index contributed by atoms with van der Waals surface area (Å²) in [5, 5.41) is 0.241. The van der Waals surface area contributed by atoms with Gasteiger partial charge in [-0.2, -0.15) is 9.97 Å². The van der Waals surface area contributed by atoms with Gasteiger partial charge in [-0.3, -0.25) is 9.36 Å². The molecule has 0 N–H and O–H groups in total. The number of hydrogen-bond acceptors (Lipinski definition) is 7. The first kappa shape index (κ1) is 26.3. The fourth-order valence-corrected chi connectivity index (χ4v) is 5.73. The Kier molecular flexibility index (Phi) is 9.14. The van der Waals surface area contributed by atoms with Crippen molar-refractivity contribution in [1.82, 2.24) is 19.4 Å². The maximum atomic E-state index is 12.5. The highest BCUT2D eigenvalue weighted by atomic mass is 35.5. The molecule has 0 aliphatic carbocycles. The second-order valence-electron chi connectivity index (χ2n) is 8.87. The monoisotopic (exact) mass is 517 g/mol. The van der Waals surface area contributed by atoms with Gasteiger partial charge in [0, 0.05) is 14.1 Å². The van der Waals surface area contributed by atoms with Gasteiger partial charge in [-0.1, -0.05) is 62.2 Å². The Labute approximate surface area is 208 Å². The third-order valence-corrected chi connectivity index (χ3v) is 7.58. The van der Waals surface area contributed by atoms with Gasteiger partial charge in [0.15, 0.2) is 10.8 Å². The number of aliphatic imine (C=N–C) groups is 1. The third kappa shape index (κ3) is 6.25. The number of rotatable bonds is 5. The van der Waals surface area contributed by atoms with Crippen LogP contribution in [0.4, 0.5) is 5.95 Å². The van der Waals surface area contributed by atoms with Gasteiger partial charge in [0.2, 0.25) is 0 Å². The largest absolute Gasteiger partial charge is 0.369 e. The van der Waals surface area contributed by atoms with Crippen LogP contribution in [0.25, 0.3) is 10.3 Å². The molecule has 2 aromatic rings. The third-order valence-electron chi connectivity index (χ3n) is 5.96. The van der Waals surface area contributed by atoms with Gasteiger partial charge in [0.1, 0.15) is 16.5 Å². The zero-order chi connectivity index (χ0) is 24.3. The van der Waals surface area contributed by atoms with Crippen molar-refractivity contribution in [2.45, 2.75) is 77.4 Å². The molecule has 2 aliphatic rings. The minimum Gasteiger partial charge on any atom is -0.369 e. The molecular weight excluding hydrogens is 485 g/mol. The summed E-state index contributed by atoms with van der Waals surface area (Å²) in [5.41, 5.74) is 0.467. The van der Waals surface area contributed by atoms with E-state index in [4.69, 9.17) is 32.7 Å². The van der Waals surface area contributed by atoms with Crippen LogP contribution in [-0.4, -0.2) is 57.6 Å². The van der Waals surface area contributed by atoms with Crippen molar-refractivity contribution in [1.29, 1.82) is 0 Å². The molecule has 2 saturated heterocycles. The fourth-order valence-electron chi connectivity index (χ4n) is 4.20. The van der Waals surface area contributed by atoms with E-state index in [9.17, 15) is 4.79 Å². The van der Waals surface area contributed by atoms with Crippen molar-refractivity contribution in [3.05, 3.63) is 14.8 Å². The highest BCUT2D eigenvalue weighted by molar-refractivity contribution is 7.17. The van der Waals surface area contributed by atoms with Gasteiger partial charge in [0.25, 0.3) is 5.95 Å². The lowest BCUT2D eigenvalue weighted by molar-refractivity contribution is -0.00388. The Bertz CT molecular complexity index is 1030. The summed E-state index contributed by atoms with van der Waals surface area (Å²) >= 11 is 13.0. The highest BCUT2D eigenvalue weighted by Crippen LogP contribution is 2.37. The maximum absolute atomic E-state index is 12.5. The fraction of sp³-hybridized carbons (Fsp3) is 0.727. The molecule has 0 unspecified atom stereocenters. The summed E-state index contributed by atoms with van der Waals surface area (Å²) in [6.07, 6.45) is 5.64. The van der Waals surface area contributed by atoms with Crippen LogP contribution in [0.5, 0.6) is 0 Å². The van der Waals surface area contributed by atoms with E-state index in [1.165, 1.54) is 0 Å². The SMILES string of the molecule is CC[C@H]1O[C@@H](n2c(=O)sc3c(Cl)nc(N=CN(C)C)nc32)C[C@@H]1C.CC[C@H]1O[C@H](Cl)C[C@@H]1C. The van der Waals surface area contributed by atoms with Crippen LogP contribution in [0.3, 0.4) is 0 Å². The molecule has 2 aromatic heterocycles. The van der Waals surface area contributed by atoms with Gasteiger partial charge >= 0.3 is 4.87 Å². The van der Waals surface area contributed by atoms with Crippen LogP contribution in [0.1, 0.15) is 59.6 Å². The normalized spacial score (nSPS) is 29.6. The van der Waals surface area contributed by atoms with Crippen molar-refractivity contribution in [2.75, 3.05) is 14.1 Å². The predicted octanol–water partition coefficient (Wildman–Crippen LogP) is 5.45. The Balaban J connectivity index is 0.000000286. The Morgan fingerprint density at radius 3 is 2.30 bits per heavy atom. The van der Waals surface area contributed by atoms with E-state index in [0.717, 1.165) is 37.0 Å². The van der Waals surface area contributed by atoms with Crippen molar-refractivity contribution >= 4 is 57.2 Å². The molecule has 4 rings (SSSR count). The first-order chi connectivity index (χ1) is 15.6. The van der Waals surface area contributed by atoms with Crippen LogP contribution < -0.4 is 4.87 Å². The van der Waals surface area contributed by atoms with E-state index in [1.54, 1.807) is 15.8 Å². The van der Waals surface area contributed by atoms with Gasteiger partial charge in [-0.05, 0) is 37.5 Å². The smallest absolute Gasteiger partial charge is 0.311 e. The average Bonchev–Trinajstić information content (AvgIpc) is 3.40. The van der Waals surface area contributed by atoms with Gasteiger partial charge < -0.3 is 14.4 Å². The van der Waals surface area contributed by atoms with Crippen LogP contribution in [-0.2, 0) is 9.47 Å². The maximum Gasteiger partial charge on any atom is 0.311 e. The number of nitrogens with zero attached hydrogens (tertiary/aromatic N) is 5. The second-order valence-corrected chi connectivity index (χ2v) is 10.7. The zero-order valence-electron chi connectivity index (χ0n) is 20.0. The molecular formula is C22H33Cl2N5O3S. The van der Waals surface area contributed by atoms with Crippen LogP contribution >= 0.6 is 34.5 Å². The number of fused-ring (bicyclic) bond motifs is 1. The molecule has 0 saturated carbocycles. The van der Waals surface area contributed by atoms with Crippen molar-refractivity contribution < 1.29 is 9.47 Å². The number of alkyl halides is 1. The molecule has 0 amide bonds. The molecule has 4 heterocycles. The standard InChI is InChI=1S/C15H20ClN5O2S.C7H13ClO/c1-5-9-8(2)6-10(23-9)21-13-11(24-15(21)22)12(16)18-14(19-13)17-7-20(3)4;1-3-6-5(2)4-7(8)9-6/h7-10H,5-6H2,1-4H3;5-7H,3-4H2,1-2H3/t8-,9+,10+;5-,6+,7-/m00/s1. The number of thiazole rings is 1. The molecule has 0 radical (unpaired) electrons. The van der Waals surface area contributed by atoms with E-state index >= 15 is 0 Å². The number of aromatic nitrogens is 3. The number of hydrogen-bond donors (Lipinski definition) is 0. The molecule has 184 valence electrons. The lowest BCUT2D eigenvalue weighted by Gasteiger charge is -2.14. The van der Waals surface area contributed by atoms with Crippen molar-refractivity contribution in [2.24, 2.45) is 16.8 Å². The van der Waals surface area contributed by atoms with E-state index in [-0.39, 0.29) is 33.9 Å². The Morgan fingerprint density at radius 2 is 1.79 bits per heavy atom. The first-order valence-electron chi connectivity index (χ1n) is 11.4. The first-order valence-corrected chi connectivity index (χ1v) is 13.0. The quantitative estimate of drug-likeness (QED) is 0.227. The minimum absolute atomic E-state index is 0.0232. The average molecular weight is 519 g/mol. The van der Waals surface area contributed by atoms with E-state index in [0.29, 0.717) is 28.3 Å². The summed E-state index contributed by atoms with van der Waals surface area (Å²) in [5.74, 6) is 1.27.